The van der Waals surface area contributed by atoms with Crippen molar-refractivity contribution in [2.24, 2.45) is 5.41 Å². The van der Waals surface area contributed by atoms with E-state index in [1.54, 1.807) is 32.9 Å². The highest BCUT2D eigenvalue weighted by Crippen LogP contribution is 2.18. The maximum atomic E-state index is 12.9. The van der Waals surface area contributed by atoms with Crippen molar-refractivity contribution in [2.75, 3.05) is 44.6 Å². The summed E-state index contributed by atoms with van der Waals surface area (Å²) in [7, 11) is 0. The van der Waals surface area contributed by atoms with Gasteiger partial charge in [0.1, 0.15) is 22.6 Å². The molecule has 1 aromatic carbocycles. The first-order valence-electron chi connectivity index (χ1n) is 16.1. The first-order valence-corrected chi connectivity index (χ1v) is 16.1. The Morgan fingerprint density at radius 1 is 0.739 bits per heavy atom. The van der Waals surface area contributed by atoms with Crippen molar-refractivity contribution in [1.29, 1.82) is 0 Å². The number of nitrogens with zero attached hydrogens (tertiary/aromatic N) is 1. The molecule has 0 aliphatic rings. The third kappa shape index (κ3) is 21.7. The van der Waals surface area contributed by atoms with Gasteiger partial charge in [0.05, 0.1) is 19.6 Å². The van der Waals surface area contributed by atoms with Gasteiger partial charge in [0, 0.05) is 37.8 Å². The van der Waals surface area contributed by atoms with Crippen LogP contribution in [0.25, 0.3) is 0 Å². The average Bonchev–Trinajstić information content (AvgIpc) is 2.81. The van der Waals surface area contributed by atoms with Crippen LogP contribution in [0.4, 0.5) is 10.5 Å². The molecule has 0 bridgehead atoms. The molecule has 0 saturated heterocycles. The van der Waals surface area contributed by atoms with Crippen molar-refractivity contribution in [2.45, 2.75) is 119 Å². The van der Waals surface area contributed by atoms with E-state index in [4.69, 9.17) is 14.2 Å². The number of carbonyl (C=O) groups excluding carboxylic acids is 4. The van der Waals surface area contributed by atoms with Gasteiger partial charge in [-0.2, -0.15) is 0 Å². The Bertz CT molecular complexity index is 1120. The monoisotopic (exact) mass is 648 g/mol. The highest BCUT2D eigenvalue weighted by molar-refractivity contribution is 5.84. The maximum Gasteiger partial charge on any atom is 0.412 e. The number of hydrogen-bond donors (Lipinski definition) is 3. The van der Waals surface area contributed by atoms with Crippen molar-refractivity contribution in [1.82, 2.24) is 15.5 Å². The Kier molecular flexibility index (Phi) is 15.8. The van der Waals surface area contributed by atoms with Crippen LogP contribution in [0.5, 0.6) is 0 Å². The van der Waals surface area contributed by atoms with Crippen LogP contribution in [-0.4, -0.2) is 90.8 Å². The topological polar surface area (TPSA) is 135 Å². The third-order valence-electron chi connectivity index (χ3n) is 5.94. The van der Waals surface area contributed by atoms with Crippen molar-refractivity contribution in [3.8, 4) is 0 Å². The van der Waals surface area contributed by atoms with Crippen LogP contribution in [0.15, 0.2) is 24.3 Å². The van der Waals surface area contributed by atoms with Gasteiger partial charge >= 0.3 is 18.0 Å². The molecule has 1 aromatic rings. The van der Waals surface area contributed by atoms with Gasteiger partial charge in [0.25, 0.3) is 0 Å². The zero-order chi connectivity index (χ0) is 35.3. The zero-order valence-electron chi connectivity index (χ0n) is 30.3. The van der Waals surface area contributed by atoms with Crippen LogP contribution in [-0.2, 0) is 35.0 Å². The van der Waals surface area contributed by atoms with Gasteiger partial charge in [0.2, 0.25) is 0 Å². The van der Waals surface area contributed by atoms with E-state index in [1.165, 1.54) is 0 Å². The van der Waals surface area contributed by atoms with Crippen LogP contribution in [0.3, 0.4) is 0 Å². The molecule has 0 heterocycles. The molecule has 1 rings (SSSR count). The number of Topliss-reactive ketones (excluding diaryl/α,β-unsaturated/α-hetero) is 1. The lowest BCUT2D eigenvalue weighted by Gasteiger charge is -2.29. The number of amides is 1. The van der Waals surface area contributed by atoms with E-state index in [9.17, 15) is 19.2 Å². The summed E-state index contributed by atoms with van der Waals surface area (Å²) in [6, 6.07) is 7.13. The lowest BCUT2D eigenvalue weighted by atomic mass is 9.90. The van der Waals surface area contributed by atoms with Crippen molar-refractivity contribution < 1.29 is 33.4 Å². The fourth-order valence-corrected chi connectivity index (χ4v) is 4.46. The highest BCUT2D eigenvalue weighted by Gasteiger charge is 2.24. The van der Waals surface area contributed by atoms with Crippen LogP contribution in [0.2, 0.25) is 0 Å². The predicted octanol–water partition coefficient (Wildman–Crippen LogP) is 5.11. The van der Waals surface area contributed by atoms with E-state index in [0.29, 0.717) is 38.2 Å². The summed E-state index contributed by atoms with van der Waals surface area (Å²) in [5.74, 6) is -0.611. The number of nitrogens with one attached hydrogen (secondary N) is 3. The summed E-state index contributed by atoms with van der Waals surface area (Å²) in [5, 5.41) is 9.26. The standard InChI is InChI=1S/C35H60N4O7/c1-32(2,3)20-28(40)21-36-17-18-39(24-30(42)45-34(7,8)9)23-27(37-22-29(41)44-33(4,5)6)19-25-13-15-26(16-14-25)38-31(43)46-35(10,11)12/h13-16,27,36-37H,17-24H2,1-12H3,(H,38,43). The molecule has 0 aliphatic carbocycles. The number of anilines is 1. The van der Waals surface area contributed by atoms with Gasteiger partial charge in [-0.3, -0.25) is 24.6 Å². The smallest absolute Gasteiger partial charge is 0.412 e. The SMILES string of the molecule is CC(C)(C)CC(=O)CNCCN(CC(=O)OC(C)(C)C)CC(Cc1ccc(NC(=O)OC(C)(C)C)cc1)NCC(=O)OC(C)(C)C. The molecule has 262 valence electrons. The number of esters is 2. The molecular weight excluding hydrogens is 588 g/mol. The minimum absolute atomic E-state index is 0.0138. The van der Waals surface area contributed by atoms with E-state index in [-0.39, 0.29) is 48.8 Å². The lowest BCUT2D eigenvalue weighted by Crippen LogP contribution is -2.48. The molecule has 46 heavy (non-hydrogen) atoms. The van der Waals surface area contributed by atoms with Gasteiger partial charge in [-0.1, -0.05) is 32.9 Å². The Hall–Kier alpha value is -3.02. The summed E-state index contributed by atoms with van der Waals surface area (Å²) in [6.45, 7) is 24.1. The molecule has 1 amide bonds. The Morgan fingerprint density at radius 2 is 1.28 bits per heavy atom. The molecule has 0 aliphatic heterocycles. The van der Waals surface area contributed by atoms with E-state index in [0.717, 1.165) is 5.56 Å². The predicted molar refractivity (Wildman–Crippen MR) is 182 cm³/mol. The first kappa shape index (κ1) is 41.0. The quantitative estimate of drug-likeness (QED) is 0.126. The van der Waals surface area contributed by atoms with Crippen LogP contribution in [0.1, 0.15) is 95.1 Å². The molecule has 3 N–H and O–H groups in total. The number of ether oxygens (including phenoxy) is 3. The number of benzene rings is 1. The second kappa shape index (κ2) is 17.8. The van der Waals surface area contributed by atoms with Gasteiger partial charge in [0.15, 0.2) is 0 Å². The van der Waals surface area contributed by atoms with Gasteiger partial charge in [-0.25, -0.2) is 4.79 Å². The molecule has 1 unspecified atom stereocenters. The summed E-state index contributed by atoms with van der Waals surface area (Å²) in [6.07, 6.45) is 0.464. The lowest BCUT2D eigenvalue weighted by molar-refractivity contribution is -0.157. The van der Waals surface area contributed by atoms with Gasteiger partial charge in [-0.05, 0) is 91.8 Å². The summed E-state index contributed by atoms with van der Waals surface area (Å²) in [4.78, 5) is 52.0. The Balaban J connectivity index is 3.08. The zero-order valence-corrected chi connectivity index (χ0v) is 30.3. The fourth-order valence-electron chi connectivity index (χ4n) is 4.46. The number of rotatable bonds is 16. The molecular formula is C35H60N4O7. The summed E-state index contributed by atoms with van der Waals surface area (Å²) < 4.78 is 16.4. The molecule has 11 nitrogen and oxygen atoms in total. The van der Waals surface area contributed by atoms with Crippen LogP contribution in [0, 0.1) is 5.41 Å². The average molecular weight is 649 g/mol. The van der Waals surface area contributed by atoms with E-state index >= 15 is 0 Å². The minimum Gasteiger partial charge on any atom is -0.459 e. The van der Waals surface area contributed by atoms with Crippen LogP contribution < -0.4 is 16.0 Å². The minimum atomic E-state index is -0.635. The highest BCUT2D eigenvalue weighted by atomic mass is 16.6. The molecule has 0 spiro atoms. The Morgan fingerprint density at radius 3 is 1.80 bits per heavy atom. The molecule has 1 atom stereocenters. The molecule has 0 radical (unpaired) electrons. The number of carbonyl (C=O) groups is 4. The number of ketones is 1. The first-order chi connectivity index (χ1) is 20.9. The van der Waals surface area contributed by atoms with Crippen molar-refractivity contribution in [3.63, 3.8) is 0 Å². The molecule has 11 heteroatoms. The maximum absolute atomic E-state index is 12.9. The Labute approximate surface area is 276 Å². The normalized spacial score (nSPS) is 13.2. The molecule has 0 fully saturated rings. The summed E-state index contributed by atoms with van der Waals surface area (Å²) in [5.41, 5.74) is -0.402. The third-order valence-corrected chi connectivity index (χ3v) is 5.94. The molecule has 0 aromatic heterocycles. The second-order valence-corrected chi connectivity index (χ2v) is 16.0. The summed E-state index contributed by atoms with van der Waals surface area (Å²) >= 11 is 0. The largest absolute Gasteiger partial charge is 0.459 e. The van der Waals surface area contributed by atoms with Crippen LogP contribution >= 0.6 is 0 Å². The number of hydrogen-bond acceptors (Lipinski definition) is 10. The van der Waals surface area contributed by atoms with E-state index in [1.807, 2.05) is 79.3 Å². The molecule has 0 saturated carbocycles. The van der Waals surface area contributed by atoms with E-state index < -0.39 is 22.9 Å². The van der Waals surface area contributed by atoms with Gasteiger partial charge < -0.3 is 24.8 Å². The van der Waals surface area contributed by atoms with Gasteiger partial charge in [-0.15, -0.1) is 0 Å². The fraction of sp³-hybridized carbons (Fsp3) is 0.714. The van der Waals surface area contributed by atoms with Crippen molar-refractivity contribution in [3.05, 3.63) is 29.8 Å². The second-order valence-electron chi connectivity index (χ2n) is 16.0. The van der Waals surface area contributed by atoms with E-state index in [2.05, 4.69) is 16.0 Å². The van der Waals surface area contributed by atoms with Crippen molar-refractivity contribution >= 4 is 29.5 Å².